The summed E-state index contributed by atoms with van der Waals surface area (Å²) in [6.07, 6.45) is 46.1. The third-order valence-corrected chi connectivity index (χ3v) is 18.5. The molecule has 17 unspecified atom stereocenters. The smallest absolute Gasteiger partial charge is 0.220 e. The van der Waals surface area contributed by atoms with Crippen molar-refractivity contribution in [2.45, 2.75) is 375 Å². The number of carbonyl (C=O) groups excluding carboxylic acids is 1. The Morgan fingerprint density at radius 1 is 0.379 bits per heavy atom. The van der Waals surface area contributed by atoms with Gasteiger partial charge in [0, 0.05) is 6.42 Å². The van der Waals surface area contributed by atoms with Gasteiger partial charge in [0.25, 0.3) is 0 Å². The number of rotatable bonds is 58. The van der Waals surface area contributed by atoms with Crippen LogP contribution >= 0.6 is 0 Å². The van der Waals surface area contributed by atoms with Crippen LogP contribution in [0.1, 0.15) is 271 Å². The van der Waals surface area contributed by atoms with E-state index in [1.165, 1.54) is 180 Å². The number of allylic oxidation sites excluding steroid dienone is 11. The van der Waals surface area contributed by atoms with Crippen molar-refractivity contribution in [1.29, 1.82) is 0 Å². The molecule has 12 N–H and O–H groups in total. The van der Waals surface area contributed by atoms with Crippen molar-refractivity contribution in [3.05, 3.63) is 72.9 Å². The van der Waals surface area contributed by atoms with E-state index in [2.05, 4.69) is 79.9 Å². The molecule has 3 aliphatic heterocycles. The maximum absolute atomic E-state index is 13.4. The van der Waals surface area contributed by atoms with Crippen LogP contribution in [0.15, 0.2) is 72.9 Å². The number of carbonyl (C=O) groups is 1. The zero-order valence-electron chi connectivity index (χ0n) is 58.6. The van der Waals surface area contributed by atoms with Gasteiger partial charge in [-0.3, -0.25) is 4.79 Å². The summed E-state index contributed by atoms with van der Waals surface area (Å²) < 4.78 is 34.4. The lowest BCUT2D eigenvalue weighted by Gasteiger charge is -2.48. The molecule has 17 atom stereocenters. The van der Waals surface area contributed by atoms with Crippen LogP contribution in [-0.4, -0.2) is 193 Å². The molecule has 0 aromatic heterocycles. The molecule has 1 amide bonds. The Bertz CT molecular complexity index is 2000. The summed E-state index contributed by atoms with van der Waals surface area (Å²) in [6, 6.07) is -0.999. The molecule has 0 aromatic rings. The van der Waals surface area contributed by atoms with E-state index in [1.807, 2.05) is 6.08 Å². The van der Waals surface area contributed by atoms with E-state index in [1.54, 1.807) is 6.08 Å². The minimum Gasteiger partial charge on any atom is -0.394 e. The van der Waals surface area contributed by atoms with Gasteiger partial charge >= 0.3 is 0 Å². The van der Waals surface area contributed by atoms with Gasteiger partial charge in [0.1, 0.15) is 73.2 Å². The highest BCUT2D eigenvalue weighted by Crippen LogP contribution is 2.33. The summed E-state index contributed by atoms with van der Waals surface area (Å²) >= 11 is 0. The molecule has 19 nitrogen and oxygen atoms in total. The average molecular weight is 1350 g/mol. The first-order chi connectivity index (χ1) is 46.3. The highest BCUT2D eigenvalue weighted by atomic mass is 16.8. The quantitative estimate of drug-likeness (QED) is 0.0199. The molecule has 0 spiro atoms. The number of hydrogen-bond acceptors (Lipinski definition) is 18. The Labute approximate surface area is 572 Å². The Morgan fingerprint density at radius 3 is 1.13 bits per heavy atom. The molecule has 95 heavy (non-hydrogen) atoms. The van der Waals surface area contributed by atoms with Crippen molar-refractivity contribution in [1.82, 2.24) is 5.32 Å². The van der Waals surface area contributed by atoms with Crippen LogP contribution < -0.4 is 5.32 Å². The van der Waals surface area contributed by atoms with E-state index in [9.17, 15) is 61.0 Å². The van der Waals surface area contributed by atoms with E-state index in [0.29, 0.717) is 12.8 Å². The number of aliphatic hydroxyl groups is 11. The summed E-state index contributed by atoms with van der Waals surface area (Å²) in [4.78, 5) is 13.4. The largest absolute Gasteiger partial charge is 0.394 e. The van der Waals surface area contributed by atoms with Gasteiger partial charge in [0.05, 0.1) is 38.6 Å². The Hall–Kier alpha value is -2.77. The molecule has 0 radical (unpaired) electrons. The first-order valence-corrected chi connectivity index (χ1v) is 37.7. The lowest BCUT2D eigenvalue weighted by atomic mass is 9.96. The molecule has 0 bridgehead atoms. The Morgan fingerprint density at radius 2 is 0.705 bits per heavy atom. The monoisotopic (exact) mass is 1350 g/mol. The van der Waals surface area contributed by atoms with Crippen molar-refractivity contribution in [2.75, 3.05) is 26.4 Å². The minimum atomic E-state index is -1.98. The summed E-state index contributed by atoms with van der Waals surface area (Å²) in [5.74, 6) is -0.289. The number of amides is 1. The number of unbranched alkanes of at least 4 members (excludes halogenated alkanes) is 32. The molecule has 3 aliphatic rings. The standard InChI is InChI=1S/C76H135NO18/c1-3-5-7-9-11-13-15-17-19-21-22-23-24-25-26-27-28-29-30-31-32-33-34-35-36-38-40-42-44-46-48-50-52-54-64(82)77-59(60(81)53-51-49-47-45-43-41-39-37-20-18-16-14-12-10-8-6-4-2)58-90-74-70(88)67(85)72(62(56-79)92-74)95-76-71(89)68(86)73(63(57-80)93-76)94-75-69(87)66(84)65(83)61(55-78)91-75/h15,17,20-22,24-25,37,43,45,51,53,59-63,65-76,78-81,83-89H,3-14,16,18-19,23,26-36,38-42,44,46-50,52,54-58H2,1-2H3,(H,77,82)/b17-15-,22-21-,25-24-,37-20+,45-43+,53-51+. The maximum Gasteiger partial charge on any atom is 0.220 e. The van der Waals surface area contributed by atoms with Crippen molar-refractivity contribution in [3.63, 3.8) is 0 Å². The minimum absolute atomic E-state index is 0.231. The second-order valence-corrected chi connectivity index (χ2v) is 26.7. The van der Waals surface area contributed by atoms with Gasteiger partial charge in [0.2, 0.25) is 5.91 Å². The first-order valence-electron chi connectivity index (χ1n) is 37.7. The lowest BCUT2D eigenvalue weighted by Crippen LogP contribution is -2.66. The van der Waals surface area contributed by atoms with E-state index in [0.717, 1.165) is 57.8 Å². The molecule has 0 aliphatic carbocycles. The predicted molar refractivity (Wildman–Crippen MR) is 374 cm³/mol. The van der Waals surface area contributed by atoms with Crippen molar-refractivity contribution >= 4 is 5.91 Å². The first kappa shape index (κ1) is 86.5. The van der Waals surface area contributed by atoms with Crippen molar-refractivity contribution in [3.8, 4) is 0 Å². The van der Waals surface area contributed by atoms with Gasteiger partial charge in [-0.2, -0.15) is 0 Å². The zero-order valence-corrected chi connectivity index (χ0v) is 58.6. The van der Waals surface area contributed by atoms with Gasteiger partial charge in [-0.05, 0) is 83.5 Å². The van der Waals surface area contributed by atoms with E-state index in [-0.39, 0.29) is 18.9 Å². The number of hydrogen-bond donors (Lipinski definition) is 12. The van der Waals surface area contributed by atoms with Gasteiger partial charge in [-0.25, -0.2) is 0 Å². The Balaban J connectivity index is 1.37. The topological polar surface area (TPSA) is 307 Å². The average Bonchev–Trinajstić information content (AvgIpc) is 0.786. The zero-order chi connectivity index (χ0) is 68.9. The fourth-order valence-electron chi connectivity index (χ4n) is 12.3. The molecule has 19 heteroatoms. The van der Waals surface area contributed by atoms with Crippen molar-refractivity contribution < 1.29 is 89.4 Å². The number of ether oxygens (including phenoxy) is 6. The van der Waals surface area contributed by atoms with E-state index >= 15 is 0 Å². The highest BCUT2D eigenvalue weighted by Gasteiger charge is 2.53. The van der Waals surface area contributed by atoms with Gasteiger partial charge in [-0.15, -0.1) is 0 Å². The molecule has 3 saturated heterocycles. The van der Waals surface area contributed by atoms with Crippen LogP contribution in [0.25, 0.3) is 0 Å². The fourth-order valence-corrected chi connectivity index (χ4v) is 12.3. The van der Waals surface area contributed by atoms with Crippen LogP contribution in [0.5, 0.6) is 0 Å². The summed E-state index contributed by atoms with van der Waals surface area (Å²) in [6.45, 7) is 1.70. The second kappa shape index (κ2) is 56.9. The molecule has 0 saturated carbocycles. The second-order valence-electron chi connectivity index (χ2n) is 26.7. The number of nitrogens with one attached hydrogen (secondary N) is 1. The fraction of sp³-hybridized carbons (Fsp3) is 0.829. The Kier molecular flexibility index (Phi) is 51.8. The number of aliphatic hydroxyl groups excluding tert-OH is 11. The normalized spacial score (nSPS) is 27.6. The van der Waals surface area contributed by atoms with Crippen LogP contribution in [0.4, 0.5) is 0 Å². The molecule has 552 valence electrons. The molecular formula is C76H135NO18. The van der Waals surface area contributed by atoms with Crippen LogP contribution in [0, 0.1) is 0 Å². The van der Waals surface area contributed by atoms with Crippen LogP contribution in [0.3, 0.4) is 0 Å². The SMILES string of the molecule is CCCCCCC/C=C\C/C=C\C/C=C\CCCCCCCCCCCCCCCCCCCCC(=O)NC(COC1OC(CO)C(OC2OC(CO)C(OC3OC(CO)C(O)C(O)C3O)C(O)C2O)C(O)C1O)C(O)/C=C/CC/C=C/CC/C=C/CCCCCCCCC. The molecule has 3 fully saturated rings. The summed E-state index contributed by atoms with van der Waals surface area (Å²) in [5.41, 5.74) is 0. The van der Waals surface area contributed by atoms with Crippen LogP contribution in [-0.2, 0) is 33.2 Å². The van der Waals surface area contributed by atoms with Gasteiger partial charge in [0.15, 0.2) is 18.9 Å². The molecular weight excluding hydrogens is 1210 g/mol. The van der Waals surface area contributed by atoms with E-state index in [4.69, 9.17) is 28.4 Å². The van der Waals surface area contributed by atoms with Gasteiger partial charge < -0.3 is 89.9 Å². The predicted octanol–water partition coefficient (Wildman–Crippen LogP) is 11.3. The highest BCUT2D eigenvalue weighted by molar-refractivity contribution is 5.76. The molecule has 0 aromatic carbocycles. The summed E-state index contributed by atoms with van der Waals surface area (Å²) in [5, 5.41) is 121. The molecule has 3 rings (SSSR count). The third kappa shape index (κ3) is 38.0. The lowest BCUT2D eigenvalue weighted by molar-refractivity contribution is -0.379. The maximum atomic E-state index is 13.4. The van der Waals surface area contributed by atoms with Gasteiger partial charge in [-0.1, -0.05) is 254 Å². The van der Waals surface area contributed by atoms with Crippen LogP contribution in [0.2, 0.25) is 0 Å². The van der Waals surface area contributed by atoms with E-state index < -0.39 is 124 Å². The summed E-state index contributed by atoms with van der Waals surface area (Å²) in [7, 11) is 0. The molecule has 3 heterocycles. The van der Waals surface area contributed by atoms with Crippen molar-refractivity contribution in [2.24, 2.45) is 0 Å². The third-order valence-electron chi connectivity index (χ3n) is 18.5.